The van der Waals surface area contributed by atoms with Crippen molar-refractivity contribution in [2.24, 2.45) is 0 Å². The molecule has 0 aliphatic rings. The number of benzene rings is 2. The van der Waals surface area contributed by atoms with Gasteiger partial charge < -0.3 is 0 Å². The maximum absolute atomic E-state index is 13.3. The Morgan fingerprint density at radius 1 is 1.00 bits per heavy atom. The Kier molecular flexibility index (Phi) is 6.33. The first-order chi connectivity index (χ1) is 14.0. The SMILES string of the molecule is CCCCCn1nc(C(=O)NNC(=O)c2cccc(F)c2)c2ccccc2c1=O. The van der Waals surface area contributed by atoms with Crippen molar-refractivity contribution in [3.63, 3.8) is 0 Å². The number of halogens is 1. The smallest absolute Gasteiger partial charge is 0.267 e. The minimum atomic E-state index is -0.671. The Labute approximate surface area is 166 Å². The molecule has 7 nitrogen and oxygen atoms in total. The zero-order chi connectivity index (χ0) is 20.8. The van der Waals surface area contributed by atoms with Crippen molar-refractivity contribution in [2.45, 2.75) is 32.7 Å². The van der Waals surface area contributed by atoms with E-state index >= 15 is 0 Å². The van der Waals surface area contributed by atoms with Crippen LogP contribution in [0.3, 0.4) is 0 Å². The van der Waals surface area contributed by atoms with Gasteiger partial charge in [-0.25, -0.2) is 9.07 Å². The molecule has 0 unspecified atom stereocenters. The number of hydrazine groups is 1. The fourth-order valence-electron chi connectivity index (χ4n) is 2.94. The number of aromatic nitrogens is 2. The first kappa shape index (κ1) is 20.2. The molecule has 1 aromatic heterocycles. The van der Waals surface area contributed by atoms with Crippen LogP contribution in [0.1, 0.15) is 47.0 Å². The van der Waals surface area contributed by atoms with Crippen molar-refractivity contribution in [1.82, 2.24) is 20.6 Å². The lowest BCUT2D eigenvalue weighted by molar-refractivity contribution is 0.0843. The van der Waals surface area contributed by atoms with Crippen LogP contribution in [0.5, 0.6) is 0 Å². The second-order valence-corrected chi connectivity index (χ2v) is 6.55. The lowest BCUT2D eigenvalue weighted by Crippen LogP contribution is -2.42. The average Bonchev–Trinajstić information content (AvgIpc) is 2.73. The largest absolute Gasteiger partial charge is 0.290 e. The normalized spacial score (nSPS) is 10.7. The fraction of sp³-hybridized carbons (Fsp3) is 0.238. The topological polar surface area (TPSA) is 93.1 Å². The summed E-state index contributed by atoms with van der Waals surface area (Å²) in [5, 5.41) is 4.98. The van der Waals surface area contributed by atoms with Gasteiger partial charge in [0.25, 0.3) is 17.4 Å². The van der Waals surface area contributed by atoms with Gasteiger partial charge in [-0.15, -0.1) is 0 Å². The van der Waals surface area contributed by atoms with Crippen LogP contribution in [0.25, 0.3) is 10.8 Å². The summed E-state index contributed by atoms with van der Waals surface area (Å²) in [4.78, 5) is 37.4. The Balaban J connectivity index is 1.85. The summed E-state index contributed by atoms with van der Waals surface area (Å²) in [6.07, 6.45) is 2.69. The third-order valence-corrected chi connectivity index (χ3v) is 4.43. The molecule has 2 aromatic carbocycles. The molecule has 0 aliphatic carbocycles. The Bertz CT molecular complexity index is 1110. The second-order valence-electron chi connectivity index (χ2n) is 6.55. The molecule has 1 heterocycles. The highest BCUT2D eigenvalue weighted by atomic mass is 19.1. The van der Waals surface area contributed by atoms with Gasteiger partial charge in [0.15, 0.2) is 5.69 Å². The molecule has 0 bridgehead atoms. The average molecular weight is 396 g/mol. The number of nitrogens with zero attached hydrogens (tertiary/aromatic N) is 2. The molecule has 8 heteroatoms. The van der Waals surface area contributed by atoms with E-state index in [4.69, 9.17) is 0 Å². The zero-order valence-corrected chi connectivity index (χ0v) is 15.9. The third-order valence-electron chi connectivity index (χ3n) is 4.43. The highest BCUT2D eigenvalue weighted by Crippen LogP contribution is 2.13. The molecule has 29 heavy (non-hydrogen) atoms. The molecule has 0 spiro atoms. The third kappa shape index (κ3) is 4.66. The predicted molar refractivity (Wildman–Crippen MR) is 107 cm³/mol. The van der Waals surface area contributed by atoms with Gasteiger partial charge in [0.05, 0.1) is 5.39 Å². The molecular formula is C21H21FN4O3. The van der Waals surface area contributed by atoms with Crippen molar-refractivity contribution >= 4 is 22.6 Å². The van der Waals surface area contributed by atoms with Gasteiger partial charge in [0.1, 0.15) is 5.82 Å². The predicted octanol–water partition coefficient (Wildman–Crippen LogP) is 2.80. The molecule has 2 N–H and O–H groups in total. The number of hydrogen-bond donors (Lipinski definition) is 2. The van der Waals surface area contributed by atoms with Crippen LogP contribution >= 0.6 is 0 Å². The lowest BCUT2D eigenvalue weighted by Gasteiger charge is -2.12. The maximum atomic E-state index is 13.3. The number of amides is 2. The van der Waals surface area contributed by atoms with E-state index in [2.05, 4.69) is 22.9 Å². The zero-order valence-electron chi connectivity index (χ0n) is 15.9. The number of aryl methyl sites for hydroxylation is 1. The molecule has 0 saturated carbocycles. The van der Waals surface area contributed by atoms with E-state index in [0.717, 1.165) is 25.3 Å². The van der Waals surface area contributed by atoms with Crippen molar-refractivity contribution in [1.29, 1.82) is 0 Å². The Morgan fingerprint density at radius 3 is 2.45 bits per heavy atom. The van der Waals surface area contributed by atoms with Crippen LogP contribution in [-0.2, 0) is 6.54 Å². The highest BCUT2D eigenvalue weighted by molar-refractivity contribution is 6.06. The van der Waals surface area contributed by atoms with E-state index in [0.29, 0.717) is 17.3 Å². The summed E-state index contributed by atoms with van der Waals surface area (Å²) in [6.45, 7) is 2.45. The van der Waals surface area contributed by atoms with Crippen molar-refractivity contribution in [2.75, 3.05) is 0 Å². The van der Waals surface area contributed by atoms with E-state index in [1.165, 1.54) is 22.9 Å². The van der Waals surface area contributed by atoms with E-state index in [-0.39, 0.29) is 16.8 Å². The molecule has 3 rings (SSSR count). The quantitative estimate of drug-likeness (QED) is 0.495. The summed E-state index contributed by atoms with van der Waals surface area (Å²) < 4.78 is 14.5. The van der Waals surface area contributed by atoms with E-state index in [1.807, 2.05) is 0 Å². The summed E-state index contributed by atoms with van der Waals surface area (Å²) in [5.74, 6) is -1.90. The number of nitrogens with one attached hydrogen (secondary N) is 2. The number of fused-ring (bicyclic) bond motifs is 1. The van der Waals surface area contributed by atoms with Crippen molar-refractivity contribution < 1.29 is 14.0 Å². The van der Waals surface area contributed by atoms with E-state index < -0.39 is 17.6 Å². The van der Waals surface area contributed by atoms with Gasteiger partial charge in [-0.3, -0.25) is 25.2 Å². The van der Waals surface area contributed by atoms with Gasteiger partial charge in [-0.1, -0.05) is 44.0 Å². The molecule has 0 radical (unpaired) electrons. The second kappa shape index (κ2) is 9.09. The minimum absolute atomic E-state index is 0.0243. The standard InChI is InChI=1S/C21H21FN4O3/c1-2-3-6-12-26-21(29)17-11-5-4-10-16(17)18(25-26)20(28)24-23-19(27)14-8-7-9-15(22)13-14/h4-5,7-11,13H,2-3,6,12H2,1H3,(H,23,27)(H,24,28). The number of unbranched alkanes of at least 4 members (excludes halogenated alkanes) is 2. The van der Waals surface area contributed by atoms with Crippen LogP contribution in [0, 0.1) is 5.82 Å². The summed E-state index contributed by atoms with van der Waals surface area (Å²) in [6, 6.07) is 11.8. The molecule has 2 amide bonds. The molecule has 0 atom stereocenters. The summed E-state index contributed by atoms with van der Waals surface area (Å²) in [7, 11) is 0. The minimum Gasteiger partial charge on any atom is -0.267 e. The van der Waals surface area contributed by atoms with Crippen LogP contribution in [0.2, 0.25) is 0 Å². The fourth-order valence-corrected chi connectivity index (χ4v) is 2.94. The van der Waals surface area contributed by atoms with Crippen LogP contribution in [0.4, 0.5) is 4.39 Å². The van der Waals surface area contributed by atoms with E-state index in [9.17, 15) is 18.8 Å². The van der Waals surface area contributed by atoms with Crippen LogP contribution in [0.15, 0.2) is 53.3 Å². The first-order valence-corrected chi connectivity index (χ1v) is 9.37. The monoisotopic (exact) mass is 396 g/mol. The Hall–Kier alpha value is -3.55. The number of hydrogen-bond acceptors (Lipinski definition) is 4. The highest BCUT2D eigenvalue weighted by Gasteiger charge is 2.17. The molecule has 0 saturated heterocycles. The van der Waals surface area contributed by atoms with Crippen molar-refractivity contribution in [3.05, 3.63) is 76.0 Å². The van der Waals surface area contributed by atoms with E-state index in [1.54, 1.807) is 24.3 Å². The first-order valence-electron chi connectivity index (χ1n) is 9.37. The lowest BCUT2D eigenvalue weighted by atomic mass is 10.1. The van der Waals surface area contributed by atoms with Gasteiger partial charge in [0.2, 0.25) is 0 Å². The number of carbonyl (C=O) groups is 2. The maximum Gasteiger partial charge on any atom is 0.290 e. The van der Waals surface area contributed by atoms with Gasteiger partial charge >= 0.3 is 0 Å². The van der Waals surface area contributed by atoms with Gasteiger partial charge in [0, 0.05) is 17.5 Å². The molecule has 0 aliphatic heterocycles. The number of carbonyl (C=O) groups excluding carboxylic acids is 2. The Morgan fingerprint density at radius 2 is 1.72 bits per heavy atom. The molecule has 3 aromatic rings. The summed E-state index contributed by atoms with van der Waals surface area (Å²) >= 11 is 0. The van der Waals surface area contributed by atoms with Crippen molar-refractivity contribution in [3.8, 4) is 0 Å². The summed E-state index contributed by atoms with van der Waals surface area (Å²) in [5.41, 5.74) is 4.35. The molecule has 150 valence electrons. The van der Waals surface area contributed by atoms with Gasteiger partial charge in [-0.2, -0.15) is 5.10 Å². The molecular weight excluding hydrogens is 375 g/mol. The van der Waals surface area contributed by atoms with Crippen LogP contribution < -0.4 is 16.4 Å². The van der Waals surface area contributed by atoms with Crippen LogP contribution in [-0.4, -0.2) is 21.6 Å². The van der Waals surface area contributed by atoms with Gasteiger partial charge in [-0.05, 0) is 30.7 Å². The molecule has 0 fully saturated rings. The number of rotatable bonds is 6.